The molecule has 0 saturated heterocycles. The Labute approximate surface area is 99.6 Å². The minimum absolute atomic E-state index is 0.337. The second-order valence-corrected chi connectivity index (χ2v) is 4.80. The molecule has 0 atom stereocenters. The summed E-state index contributed by atoms with van der Waals surface area (Å²) in [6, 6.07) is 5.43. The molecule has 0 unspecified atom stereocenters. The molecule has 2 aromatic rings. The average molecular weight is 230 g/mol. The van der Waals surface area contributed by atoms with Crippen LogP contribution in [-0.2, 0) is 4.74 Å². The van der Waals surface area contributed by atoms with Gasteiger partial charge < -0.3 is 4.74 Å². The fourth-order valence-electron chi connectivity index (χ4n) is 1.54. The molecule has 1 aromatic carbocycles. The van der Waals surface area contributed by atoms with Crippen LogP contribution in [-0.4, -0.2) is 21.8 Å². The topological polar surface area (TPSA) is 52.1 Å². The van der Waals surface area contributed by atoms with Crippen molar-refractivity contribution in [3.63, 3.8) is 0 Å². The standard InChI is InChI=1S/C13H14N2O2/c1-13(2,3)17-12(16)10-6-4-5-9-7-14-15-8-11(9)10/h4-8H,1-3H3. The number of carbonyl (C=O) groups is 1. The van der Waals surface area contributed by atoms with Crippen LogP contribution < -0.4 is 0 Å². The predicted molar refractivity (Wildman–Crippen MR) is 64.7 cm³/mol. The summed E-state index contributed by atoms with van der Waals surface area (Å²) in [6.07, 6.45) is 3.21. The number of benzene rings is 1. The fraction of sp³-hybridized carbons (Fsp3) is 0.308. The minimum Gasteiger partial charge on any atom is -0.456 e. The number of rotatable bonds is 1. The van der Waals surface area contributed by atoms with Gasteiger partial charge in [0.15, 0.2) is 0 Å². The van der Waals surface area contributed by atoms with Gasteiger partial charge in [0.2, 0.25) is 0 Å². The third-order valence-electron chi connectivity index (χ3n) is 2.21. The third-order valence-corrected chi connectivity index (χ3v) is 2.21. The van der Waals surface area contributed by atoms with Crippen LogP contribution in [0.25, 0.3) is 10.8 Å². The lowest BCUT2D eigenvalue weighted by Gasteiger charge is -2.19. The Hall–Kier alpha value is -1.97. The first-order valence-electron chi connectivity index (χ1n) is 5.40. The number of esters is 1. The van der Waals surface area contributed by atoms with Crippen molar-refractivity contribution in [2.45, 2.75) is 26.4 Å². The van der Waals surface area contributed by atoms with Crippen LogP contribution in [0.5, 0.6) is 0 Å². The maximum absolute atomic E-state index is 12.0. The number of aromatic nitrogens is 2. The van der Waals surface area contributed by atoms with Gasteiger partial charge in [-0.25, -0.2) is 4.79 Å². The van der Waals surface area contributed by atoms with E-state index in [0.717, 1.165) is 10.8 Å². The van der Waals surface area contributed by atoms with Gasteiger partial charge in [-0.15, -0.1) is 0 Å². The predicted octanol–water partition coefficient (Wildman–Crippen LogP) is 2.59. The van der Waals surface area contributed by atoms with Crippen molar-refractivity contribution in [2.75, 3.05) is 0 Å². The number of hydrogen-bond acceptors (Lipinski definition) is 4. The molecule has 4 nitrogen and oxygen atoms in total. The normalized spacial score (nSPS) is 11.5. The number of carbonyl (C=O) groups excluding carboxylic acids is 1. The highest BCUT2D eigenvalue weighted by Gasteiger charge is 2.19. The molecule has 0 radical (unpaired) electrons. The Morgan fingerprint density at radius 3 is 2.59 bits per heavy atom. The molecule has 88 valence electrons. The molecular formula is C13H14N2O2. The molecule has 4 heteroatoms. The van der Waals surface area contributed by atoms with Crippen molar-refractivity contribution >= 4 is 16.7 Å². The van der Waals surface area contributed by atoms with E-state index < -0.39 is 5.60 Å². The van der Waals surface area contributed by atoms with Gasteiger partial charge in [0.05, 0.1) is 18.0 Å². The molecule has 2 rings (SSSR count). The van der Waals surface area contributed by atoms with Crippen molar-refractivity contribution in [1.29, 1.82) is 0 Å². The molecular weight excluding hydrogens is 216 g/mol. The maximum Gasteiger partial charge on any atom is 0.339 e. The van der Waals surface area contributed by atoms with Gasteiger partial charge in [-0.3, -0.25) is 0 Å². The van der Waals surface area contributed by atoms with Crippen LogP contribution in [0.4, 0.5) is 0 Å². The highest BCUT2D eigenvalue weighted by molar-refractivity contribution is 6.04. The van der Waals surface area contributed by atoms with Crippen LogP contribution in [0, 0.1) is 0 Å². The Bertz CT molecular complexity index is 553. The van der Waals surface area contributed by atoms with Crippen LogP contribution >= 0.6 is 0 Å². The van der Waals surface area contributed by atoms with Crippen molar-refractivity contribution in [2.24, 2.45) is 0 Å². The Kier molecular flexibility index (Phi) is 2.79. The lowest BCUT2D eigenvalue weighted by atomic mass is 10.1. The first-order valence-corrected chi connectivity index (χ1v) is 5.40. The molecule has 0 aliphatic rings. The maximum atomic E-state index is 12.0. The molecule has 1 aromatic heterocycles. The van der Waals surface area contributed by atoms with E-state index in [9.17, 15) is 4.79 Å². The van der Waals surface area contributed by atoms with E-state index in [1.54, 1.807) is 18.5 Å². The summed E-state index contributed by atoms with van der Waals surface area (Å²) in [7, 11) is 0. The largest absolute Gasteiger partial charge is 0.456 e. The van der Waals surface area contributed by atoms with E-state index in [1.807, 2.05) is 32.9 Å². The van der Waals surface area contributed by atoms with E-state index in [0.29, 0.717) is 5.56 Å². The summed E-state index contributed by atoms with van der Waals surface area (Å²) in [5.41, 5.74) is 0.0204. The summed E-state index contributed by atoms with van der Waals surface area (Å²) in [6.45, 7) is 5.53. The third kappa shape index (κ3) is 2.58. The van der Waals surface area contributed by atoms with Crippen molar-refractivity contribution in [3.8, 4) is 0 Å². The zero-order valence-corrected chi connectivity index (χ0v) is 10.1. The molecule has 0 aliphatic carbocycles. The van der Waals surface area contributed by atoms with E-state index >= 15 is 0 Å². The smallest absolute Gasteiger partial charge is 0.339 e. The van der Waals surface area contributed by atoms with E-state index in [-0.39, 0.29) is 5.97 Å². The summed E-state index contributed by atoms with van der Waals surface area (Å²) in [5, 5.41) is 9.22. The van der Waals surface area contributed by atoms with E-state index in [4.69, 9.17) is 4.74 Å². The Balaban J connectivity index is 2.45. The molecule has 0 aliphatic heterocycles. The van der Waals surface area contributed by atoms with Gasteiger partial charge in [-0.1, -0.05) is 12.1 Å². The van der Waals surface area contributed by atoms with E-state index in [1.165, 1.54) is 0 Å². The Morgan fingerprint density at radius 1 is 1.18 bits per heavy atom. The molecule has 0 amide bonds. The molecule has 17 heavy (non-hydrogen) atoms. The quantitative estimate of drug-likeness (QED) is 0.706. The van der Waals surface area contributed by atoms with Crippen molar-refractivity contribution in [1.82, 2.24) is 10.2 Å². The first kappa shape index (κ1) is 11.5. The molecule has 0 N–H and O–H groups in total. The van der Waals surface area contributed by atoms with Gasteiger partial charge >= 0.3 is 5.97 Å². The van der Waals surface area contributed by atoms with Crippen molar-refractivity contribution in [3.05, 3.63) is 36.2 Å². The van der Waals surface area contributed by atoms with Gasteiger partial charge in [-0.2, -0.15) is 10.2 Å². The first-order chi connectivity index (χ1) is 7.97. The zero-order valence-electron chi connectivity index (χ0n) is 10.1. The average Bonchev–Trinajstić information content (AvgIpc) is 2.26. The summed E-state index contributed by atoms with van der Waals surface area (Å²) in [5.74, 6) is -0.337. The monoisotopic (exact) mass is 230 g/mol. The number of nitrogens with zero attached hydrogens (tertiary/aromatic N) is 2. The second-order valence-electron chi connectivity index (χ2n) is 4.80. The minimum atomic E-state index is -0.500. The summed E-state index contributed by atoms with van der Waals surface area (Å²) >= 11 is 0. The van der Waals surface area contributed by atoms with Crippen molar-refractivity contribution < 1.29 is 9.53 Å². The summed E-state index contributed by atoms with van der Waals surface area (Å²) in [4.78, 5) is 12.0. The highest BCUT2D eigenvalue weighted by atomic mass is 16.6. The van der Waals surface area contributed by atoms with Crippen LogP contribution in [0.1, 0.15) is 31.1 Å². The molecule has 0 saturated carbocycles. The van der Waals surface area contributed by atoms with Gasteiger partial charge in [-0.05, 0) is 26.8 Å². The number of fused-ring (bicyclic) bond motifs is 1. The van der Waals surface area contributed by atoms with Crippen LogP contribution in [0.2, 0.25) is 0 Å². The number of hydrogen-bond donors (Lipinski definition) is 0. The Morgan fingerprint density at radius 2 is 1.88 bits per heavy atom. The SMILES string of the molecule is CC(C)(C)OC(=O)c1cccc2cnncc12. The van der Waals surface area contributed by atoms with Gasteiger partial charge in [0.25, 0.3) is 0 Å². The molecule has 0 bridgehead atoms. The highest BCUT2D eigenvalue weighted by Crippen LogP contribution is 2.19. The molecule has 0 fully saturated rings. The van der Waals surface area contributed by atoms with Gasteiger partial charge in [0.1, 0.15) is 5.60 Å². The number of ether oxygens (including phenoxy) is 1. The van der Waals surface area contributed by atoms with Crippen LogP contribution in [0.3, 0.4) is 0 Å². The van der Waals surface area contributed by atoms with E-state index in [2.05, 4.69) is 10.2 Å². The molecule has 0 spiro atoms. The lowest BCUT2D eigenvalue weighted by Crippen LogP contribution is -2.24. The van der Waals surface area contributed by atoms with Gasteiger partial charge in [0, 0.05) is 10.8 Å². The summed E-state index contributed by atoms with van der Waals surface area (Å²) < 4.78 is 5.34. The second kappa shape index (κ2) is 4.13. The molecule has 1 heterocycles. The fourth-order valence-corrected chi connectivity index (χ4v) is 1.54. The van der Waals surface area contributed by atoms with Crippen LogP contribution in [0.15, 0.2) is 30.6 Å². The zero-order chi connectivity index (χ0) is 12.5. The lowest BCUT2D eigenvalue weighted by molar-refractivity contribution is 0.00718.